The molecule has 0 aliphatic carbocycles. The first kappa shape index (κ1) is 16.6. The molecule has 0 amide bonds. The Morgan fingerprint density at radius 2 is 1.95 bits per heavy atom. The first-order valence-electron chi connectivity index (χ1n) is 6.87. The quantitative estimate of drug-likeness (QED) is 0.539. The summed E-state index contributed by atoms with van der Waals surface area (Å²) in [5.74, 6) is -1.25. The highest BCUT2D eigenvalue weighted by Gasteiger charge is 2.35. The average Bonchev–Trinajstić information content (AvgIpc) is 2.39. The molecule has 2 atom stereocenters. The number of rotatable bonds is 8. The van der Waals surface area contributed by atoms with Crippen LogP contribution in [-0.4, -0.2) is 28.1 Å². The van der Waals surface area contributed by atoms with Gasteiger partial charge in [0.1, 0.15) is 6.23 Å². The number of hydrogen-bond donors (Lipinski definition) is 4. The average molecular weight is 280 g/mol. The number of carboxylic acid groups (broad SMARTS) is 1. The van der Waals surface area contributed by atoms with Crippen molar-refractivity contribution in [3.05, 3.63) is 35.9 Å². The van der Waals surface area contributed by atoms with Crippen molar-refractivity contribution in [1.82, 2.24) is 5.32 Å². The zero-order valence-electron chi connectivity index (χ0n) is 12.0. The Kier molecular flexibility index (Phi) is 6.13. The van der Waals surface area contributed by atoms with Gasteiger partial charge in [-0.15, -0.1) is 0 Å². The molecule has 5 heteroatoms. The summed E-state index contributed by atoms with van der Waals surface area (Å²) in [6.45, 7) is 3.59. The molecule has 0 saturated heterocycles. The van der Waals surface area contributed by atoms with Gasteiger partial charge in [-0.1, -0.05) is 44.2 Å². The molecule has 5 N–H and O–H groups in total. The SMILES string of the molecule is CC(C)C(O)NC(N)(CCCc1ccccc1)C(=O)O. The molecule has 0 bridgehead atoms. The van der Waals surface area contributed by atoms with Crippen LogP contribution in [0.15, 0.2) is 30.3 Å². The van der Waals surface area contributed by atoms with Gasteiger partial charge in [0.2, 0.25) is 0 Å². The number of benzene rings is 1. The molecule has 0 saturated carbocycles. The van der Waals surface area contributed by atoms with E-state index < -0.39 is 17.9 Å². The largest absolute Gasteiger partial charge is 0.479 e. The molecular weight excluding hydrogens is 256 g/mol. The van der Waals surface area contributed by atoms with Gasteiger partial charge in [0.25, 0.3) is 0 Å². The maximum absolute atomic E-state index is 11.3. The fourth-order valence-electron chi connectivity index (χ4n) is 1.89. The van der Waals surface area contributed by atoms with Crippen LogP contribution in [0.3, 0.4) is 0 Å². The van der Waals surface area contributed by atoms with E-state index >= 15 is 0 Å². The maximum Gasteiger partial charge on any atom is 0.338 e. The lowest BCUT2D eigenvalue weighted by atomic mass is 9.99. The van der Waals surface area contributed by atoms with Gasteiger partial charge in [0.15, 0.2) is 5.66 Å². The number of nitrogens with one attached hydrogen (secondary N) is 1. The second kappa shape index (κ2) is 7.38. The predicted octanol–water partition coefficient (Wildman–Crippen LogP) is 1.31. The Balaban J connectivity index is 2.56. The summed E-state index contributed by atoms with van der Waals surface area (Å²) in [5.41, 5.74) is 5.42. The summed E-state index contributed by atoms with van der Waals surface area (Å²) in [6, 6.07) is 9.82. The van der Waals surface area contributed by atoms with Crippen molar-refractivity contribution in [2.45, 2.75) is 45.0 Å². The molecule has 1 rings (SSSR count). The molecule has 1 aromatic rings. The van der Waals surface area contributed by atoms with Crippen LogP contribution in [0.5, 0.6) is 0 Å². The van der Waals surface area contributed by atoms with E-state index in [1.807, 2.05) is 30.3 Å². The smallest absolute Gasteiger partial charge is 0.338 e. The third-order valence-corrected chi connectivity index (χ3v) is 3.30. The van der Waals surface area contributed by atoms with E-state index in [0.717, 1.165) is 12.0 Å². The number of aliphatic hydroxyl groups excluding tert-OH is 1. The molecule has 2 unspecified atom stereocenters. The first-order valence-corrected chi connectivity index (χ1v) is 6.87. The molecule has 0 aromatic heterocycles. The van der Waals surface area contributed by atoms with E-state index in [4.69, 9.17) is 5.73 Å². The van der Waals surface area contributed by atoms with Gasteiger partial charge < -0.3 is 15.9 Å². The van der Waals surface area contributed by atoms with E-state index in [1.165, 1.54) is 0 Å². The van der Waals surface area contributed by atoms with Crippen molar-refractivity contribution < 1.29 is 15.0 Å². The highest BCUT2D eigenvalue weighted by Crippen LogP contribution is 2.13. The van der Waals surface area contributed by atoms with Gasteiger partial charge in [-0.25, -0.2) is 4.79 Å². The van der Waals surface area contributed by atoms with E-state index in [2.05, 4.69) is 5.32 Å². The standard InChI is InChI=1S/C15H24N2O3/c1-11(2)13(18)17-15(16,14(19)20)10-6-9-12-7-4-3-5-8-12/h3-5,7-8,11,13,17-18H,6,9-10,16H2,1-2H3,(H,19,20). The van der Waals surface area contributed by atoms with Gasteiger partial charge in [-0.2, -0.15) is 0 Å². The molecule has 0 heterocycles. The van der Waals surface area contributed by atoms with Gasteiger partial charge in [0.05, 0.1) is 0 Å². The van der Waals surface area contributed by atoms with Crippen molar-refractivity contribution >= 4 is 5.97 Å². The zero-order valence-corrected chi connectivity index (χ0v) is 12.0. The van der Waals surface area contributed by atoms with Crippen LogP contribution in [0.25, 0.3) is 0 Å². The Morgan fingerprint density at radius 1 is 1.35 bits per heavy atom. The second-order valence-electron chi connectivity index (χ2n) is 5.45. The number of aryl methyl sites for hydroxylation is 1. The molecule has 1 aromatic carbocycles. The van der Waals surface area contributed by atoms with E-state index in [0.29, 0.717) is 6.42 Å². The minimum Gasteiger partial charge on any atom is -0.479 e. The van der Waals surface area contributed by atoms with Crippen LogP contribution in [0, 0.1) is 5.92 Å². The Hall–Kier alpha value is -1.43. The third-order valence-electron chi connectivity index (χ3n) is 3.30. The lowest BCUT2D eigenvalue weighted by Crippen LogP contribution is -2.63. The van der Waals surface area contributed by atoms with Crippen molar-refractivity contribution in [3.8, 4) is 0 Å². The minimum absolute atomic E-state index is 0.105. The van der Waals surface area contributed by atoms with Crippen molar-refractivity contribution in [2.75, 3.05) is 0 Å². The Morgan fingerprint density at radius 3 is 2.45 bits per heavy atom. The van der Waals surface area contributed by atoms with Gasteiger partial charge in [-0.05, 0) is 30.7 Å². The summed E-state index contributed by atoms with van der Waals surface area (Å²) < 4.78 is 0. The molecule has 0 radical (unpaired) electrons. The van der Waals surface area contributed by atoms with Gasteiger partial charge in [0, 0.05) is 0 Å². The van der Waals surface area contributed by atoms with Crippen LogP contribution in [0.2, 0.25) is 0 Å². The number of nitrogens with two attached hydrogens (primary N) is 1. The Labute approximate surface area is 119 Å². The molecule has 0 spiro atoms. The highest BCUT2D eigenvalue weighted by molar-refractivity contribution is 5.77. The number of carbonyl (C=O) groups is 1. The second-order valence-corrected chi connectivity index (χ2v) is 5.45. The zero-order chi connectivity index (χ0) is 15.2. The van der Waals surface area contributed by atoms with Crippen LogP contribution < -0.4 is 11.1 Å². The summed E-state index contributed by atoms with van der Waals surface area (Å²) >= 11 is 0. The van der Waals surface area contributed by atoms with Crippen molar-refractivity contribution in [1.29, 1.82) is 0 Å². The summed E-state index contributed by atoms with van der Waals surface area (Å²) in [4.78, 5) is 11.3. The monoisotopic (exact) mass is 280 g/mol. The van der Waals surface area contributed by atoms with Crippen molar-refractivity contribution in [2.24, 2.45) is 11.7 Å². The molecule has 5 nitrogen and oxygen atoms in total. The normalized spacial score (nSPS) is 15.8. The number of hydrogen-bond acceptors (Lipinski definition) is 4. The van der Waals surface area contributed by atoms with Crippen LogP contribution in [0.1, 0.15) is 32.3 Å². The number of aliphatic hydroxyl groups is 1. The van der Waals surface area contributed by atoms with Crippen LogP contribution >= 0.6 is 0 Å². The summed E-state index contributed by atoms with van der Waals surface area (Å²) in [5, 5.41) is 21.6. The topological polar surface area (TPSA) is 95.6 Å². The summed E-state index contributed by atoms with van der Waals surface area (Å²) in [6.07, 6.45) is 0.700. The molecule has 0 aliphatic rings. The number of aliphatic carboxylic acids is 1. The predicted molar refractivity (Wildman–Crippen MR) is 77.9 cm³/mol. The number of carboxylic acids is 1. The fraction of sp³-hybridized carbons (Fsp3) is 0.533. The molecule has 20 heavy (non-hydrogen) atoms. The van der Waals surface area contributed by atoms with Crippen molar-refractivity contribution in [3.63, 3.8) is 0 Å². The maximum atomic E-state index is 11.3. The lowest BCUT2D eigenvalue weighted by Gasteiger charge is -2.30. The first-order chi connectivity index (χ1) is 9.35. The molecular formula is C15H24N2O3. The summed E-state index contributed by atoms with van der Waals surface area (Å²) in [7, 11) is 0. The Bertz CT molecular complexity index is 422. The highest BCUT2D eigenvalue weighted by atomic mass is 16.4. The molecule has 112 valence electrons. The fourth-order valence-corrected chi connectivity index (χ4v) is 1.89. The van der Waals surface area contributed by atoms with E-state index in [1.54, 1.807) is 13.8 Å². The minimum atomic E-state index is -1.60. The molecule has 0 aliphatic heterocycles. The third kappa shape index (κ3) is 4.92. The van der Waals surface area contributed by atoms with Crippen LogP contribution in [-0.2, 0) is 11.2 Å². The van der Waals surface area contributed by atoms with Gasteiger partial charge >= 0.3 is 5.97 Å². The van der Waals surface area contributed by atoms with E-state index in [9.17, 15) is 15.0 Å². The van der Waals surface area contributed by atoms with Crippen LogP contribution in [0.4, 0.5) is 0 Å². The molecule has 0 fully saturated rings. The lowest BCUT2D eigenvalue weighted by molar-refractivity contribution is -0.147. The van der Waals surface area contributed by atoms with E-state index in [-0.39, 0.29) is 12.3 Å². The van der Waals surface area contributed by atoms with Gasteiger partial charge in [-0.3, -0.25) is 5.32 Å².